The maximum Gasteiger partial charge on any atom is 0.248 e. The van der Waals surface area contributed by atoms with Crippen LogP contribution in [0.25, 0.3) is 0 Å². The minimum absolute atomic E-state index is 0.0306. The molecular weight excluding hydrogens is 355 g/mol. The summed E-state index contributed by atoms with van der Waals surface area (Å²) in [6.45, 7) is 4.52. The second-order valence-corrected chi connectivity index (χ2v) is 6.52. The molecule has 0 saturated carbocycles. The molecule has 0 radical (unpaired) electrons. The summed E-state index contributed by atoms with van der Waals surface area (Å²) >= 11 is 2.25. The van der Waals surface area contributed by atoms with E-state index in [9.17, 15) is 9.59 Å². The molecule has 0 bridgehead atoms. The highest BCUT2D eigenvalue weighted by molar-refractivity contribution is 14.1. The lowest BCUT2D eigenvalue weighted by Crippen LogP contribution is -2.52. The van der Waals surface area contributed by atoms with Crippen molar-refractivity contribution >= 4 is 34.4 Å². The van der Waals surface area contributed by atoms with Crippen molar-refractivity contribution in [2.45, 2.75) is 32.4 Å². The van der Waals surface area contributed by atoms with E-state index in [4.69, 9.17) is 0 Å². The molecule has 5 heteroatoms. The lowest BCUT2D eigenvalue weighted by atomic mass is 10.0. The first kappa shape index (κ1) is 14.3. The van der Waals surface area contributed by atoms with Crippen molar-refractivity contribution < 1.29 is 9.59 Å². The van der Waals surface area contributed by atoms with Crippen LogP contribution < -0.4 is 5.32 Å². The van der Waals surface area contributed by atoms with Gasteiger partial charge in [0.2, 0.25) is 11.8 Å². The van der Waals surface area contributed by atoms with E-state index in [1.54, 1.807) is 18.7 Å². The first-order valence-electron chi connectivity index (χ1n) is 6.23. The minimum Gasteiger partial charge on any atom is -0.342 e. The summed E-state index contributed by atoms with van der Waals surface area (Å²) in [5.74, 6) is -0.0969. The predicted molar refractivity (Wildman–Crippen MR) is 81.4 cm³/mol. The molecule has 1 fully saturated rings. The number of carbonyl (C=O) groups is 2. The summed E-state index contributed by atoms with van der Waals surface area (Å²) < 4.78 is 1.17. The number of amides is 2. The van der Waals surface area contributed by atoms with Gasteiger partial charge in [-0.15, -0.1) is 0 Å². The summed E-state index contributed by atoms with van der Waals surface area (Å²) in [5, 5.41) is 2.76. The van der Waals surface area contributed by atoms with Crippen LogP contribution in [0.3, 0.4) is 0 Å². The van der Waals surface area contributed by atoms with Crippen molar-refractivity contribution in [3.8, 4) is 0 Å². The number of nitrogens with one attached hydrogen (secondary N) is 1. The summed E-state index contributed by atoms with van der Waals surface area (Å²) in [7, 11) is 0. The Kier molecular flexibility index (Phi) is 4.13. The summed E-state index contributed by atoms with van der Waals surface area (Å²) in [6.07, 6.45) is 0.361. The second kappa shape index (κ2) is 5.48. The number of hydrogen-bond acceptors (Lipinski definition) is 2. The molecule has 0 aliphatic carbocycles. The molecular formula is C14H17IN2O2. The standard InChI is InChI=1S/C14H17IN2O2/c1-14(2)13(19)17(8-7-12(18)16-14)9-10-3-5-11(15)6-4-10/h3-6H,7-9H2,1-2H3,(H,16,18). The molecule has 19 heavy (non-hydrogen) atoms. The summed E-state index contributed by atoms with van der Waals surface area (Å²) in [5.41, 5.74) is 0.260. The minimum atomic E-state index is -0.823. The first-order chi connectivity index (χ1) is 8.88. The fraction of sp³-hybridized carbons (Fsp3) is 0.429. The second-order valence-electron chi connectivity index (χ2n) is 5.28. The highest BCUT2D eigenvalue weighted by Crippen LogP contribution is 2.17. The quantitative estimate of drug-likeness (QED) is 0.807. The van der Waals surface area contributed by atoms with Gasteiger partial charge in [0.25, 0.3) is 0 Å². The summed E-state index contributed by atoms with van der Waals surface area (Å²) in [6, 6.07) is 8.07. The molecule has 1 saturated heterocycles. The van der Waals surface area contributed by atoms with Crippen molar-refractivity contribution in [3.05, 3.63) is 33.4 Å². The van der Waals surface area contributed by atoms with Crippen molar-refractivity contribution in [1.29, 1.82) is 0 Å². The van der Waals surface area contributed by atoms with Crippen LogP contribution in [-0.4, -0.2) is 28.8 Å². The van der Waals surface area contributed by atoms with Gasteiger partial charge in [-0.05, 0) is 54.1 Å². The monoisotopic (exact) mass is 372 g/mol. The Morgan fingerprint density at radius 2 is 1.89 bits per heavy atom. The van der Waals surface area contributed by atoms with E-state index in [2.05, 4.69) is 27.9 Å². The van der Waals surface area contributed by atoms with Gasteiger partial charge in [0.05, 0.1) is 0 Å². The number of rotatable bonds is 2. The molecule has 1 N–H and O–H groups in total. The topological polar surface area (TPSA) is 49.4 Å². The number of hydrogen-bond donors (Lipinski definition) is 1. The maximum absolute atomic E-state index is 12.4. The van der Waals surface area contributed by atoms with Gasteiger partial charge < -0.3 is 10.2 Å². The molecule has 0 unspecified atom stereocenters. The average molecular weight is 372 g/mol. The van der Waals surface area contributed by atoms with Crippen LogP contribution in [0.2, 0.25) is 0 Å². The molecule has 1 aliphatic rings. The molecule has 1 heterocycles. The van der Waals surface area contributed by atoms with Crippen LogP contribution in [0, 0.1) is 3.57 Å². The average Bonchev–Trinajstić information content (AvgIpc) is 2.43. The SMILES string of the molecule is CC1(C)NC(=O)CCN(Cc2ccc(I)cc2)C1=O. The molecule has 4 nitrogen and oxygen atoms in total. The van der Waals surface area contributed by atoms with E-state index in [0.29, 0.717) is 19.5 Å². The molecule has 0 spiro atoms. The third kappa shape index (κ3) is 3.46. The van der Waals surface area contributed by atoms with Crippen LogP contribution in [0.15, 0.2) is 24.3 Å². The van der Waals surface area contributed by atoms with Crippen LogP contribution in [0.1, 0.15) is 25.8 Å². The fourth-order valence-corrected chi connectivity index (χ4v) is 2.52. The smallest absolute Gasteiger partial charge is 0.248 e. The largest absolute Gasteiger partial charge is 0.342 e. The Bertz CT molecular complexity index is 497. The number of nitrogens with zero attached hydrogens (tertiary/aromatic N) is 1. The molecule has 102 valence electrons. The molecule has 1 aliphatic heterocycles. The third-order valence-electron chi connectivity index (χ3n) is 3.17. The van der Waals surface area contributed by atoms with Gasteiger partial charge in [0.15, 0.2) is 0 Å². The van der Waals surface area contributed by atoms with Crippen LogP contribution >= 0.6 is 22.6 Å². The zero-order chi connectivity index (χ0) is 14.0. The van der Waals surface area contributed by atoms with Crippen molar-refractivity contribution in [2.75, 3.05) is 6.54 Å². The first-order valence-corrected chi connectivity index (χ1v) is 7.31. The Labute approximate surface area is 126 Å². The van der Waals surface area contributed by atoms with E-state index >= 15 is 0 Å². The molecule has 2 amide bonds. The molecule has 0 aromatic heterocycles. The van der Waals surface area contributed by atoms with Gasteiger partial charge in [-0.25, -0.2) is 0 Å². The van der Waals surface area contributed by atoms with Crippen LogP contribution in [-0.2, 0) is 16.1 Å². The van der Waals surface area contributed by atoms with Gasteiger partial charge in [-0.2, -0.15) is 0 Å². The maximum atomic E-state index is 12.4. The Hall–Kier alpha value is -1.11. The number of benzene rings is 1. The van der Waals surface area contributed by atoms with Crippen molar-refractivity contribution in [3.63, 3.8) is 0 Å². The van der Waals surface area contributed by atoms with E-state index in [0.717, 1.165) is 5.56 Å². The zero-order valence-electron chi connectivity index (χ0n) is 11.1. The van der Waals surface area contributed by atoms with E-state index < -0.39 is 5.54 Å². The molecule has 0 atom stereocenters. The zero-order valence-corrected chi connectivity index (χ0v) is 13.2. The third-order valence-corrected chi connectivity index (χ3v) is 3.89. The normalized spacial score (nSPS) is 19.0. The number of carbonyl (C=O) groups excluding carboxylic acids is 2. The van der Waals surface area contributed by atoms with E-state index in [1.165, 1.54) is 3.57 Å². The Balaban J connectivity index is 2.16. The fourth-order valence-electron chi connectivity index (χ4n) is 2.16. The van der Waals surface area contributed by atoms with Gasteiger partial charge in [-0.1, -0.05) is 12.1 Å². The highest BCUT2D eigenvalue weighted by Gasteiger charge is 2.36. The lowest BCUT2D eigenvalue weighted by Gasteiger charge is -2.28. The number of halogens is 1. The molecule has 1 aromatic carbocycles. The van der Waals surface area contributed by atoms with Crippen LogP contribution in [0.5, 0.6) is 0 Å². The Morgan fingerprint density at radius 1 is 1.26 bits per heavy atom. The van der Waals surface area contributed by atoms with E-state index in [-0.39, 0.29) is 11.8 Å². The lowest BCUT2D eigenvalue weighted by molar-refractivity contribution is -0.137. The van der Waals surface area contributed by atoms with Gasteiger partial charge in [0, 0.05) is 23.1 Å². The van der Waals surface area contributed by atoms with Crippen molar-refractivity contribution in [2.24, 2.45) is 0 Å². The van der Waals surface area contributed by atoms with Crippen molar-refractivity contribution in [1.82, 2.24) is 10.2 Å². The summed E-state index contributed by atoms with van der Waals surface area (Å²) in [4.78, 5) is 25.7. The molecule has 1 aromatic rings. The van der Waals surface area contributed by atoms with E-state index in [1.807, 2.05) is 24.3 Å². The predicted octanol–water partition coefficient (Wildman–Crippen LogP) is 1.92. The van der Waals surface area contributed by atoms with Gasteiger partial charge in [-0.3, -0.25) is 9.59 Å². The highest BCUT2D eigenvalue weighted by atomic mass is 127. The van der Waals surface area contributed by atoms with Crippen LogP contribution in [0.4, 0.5) is 0 Å². The molecule has 2 rings (SSSR count). The Morgan fingerprint density at radius 3 is 2.53 bits per heavy atom. The van der Waals surface area contributed by atoms with Gasteiger partial charge in [0.1, 0.15) is 5.54 Å². The van der Waals surface area contributed by atoms with Gasteiger partial charge >= 0.3 is 0 Å².